The number of fused-ring (bicyclic) bond motifs is 6. The molecule has 3 heterocycles. The van der Waals surface area contributed by atoms with Gasteiger partial charge in [0.15, 0.2) is 17.5 Å². The van der Waals surface area contributed by atoms with Crippen molar-refractivity contribution >= 4 is 43.7 Å². The molecule has 50 heavy (non-hydrogen) atoms. The normalized spacial score (nSPS) is 12.2. The van der Waals surface area contributed by atoms with Crippen molar-refractivity contribution in [3.05, 3.63) is 170 Å². The molecule has 0 aliphatic heterocycles. The minimum Gasteiger partial charge on any atom is -0.455 e. The van der Waals surface area contributed by atoms with E-state index >= 15 is 0 Å². The summed E-state index contributed by atoms with van der Waals surface area (Å²) in [7, 11) is 0. The molecule has 0 spiro atoms. The van der Waals surface area contributed by atoms with Gasteiger partial charge in [-0.1, -0.05) is 139 Å². The van der Waals surface area contributed by atoms with Gasteiger partial charge < -0.3 is 8.98 Å². The Morgan fingerprint density at radius 2 is 1.04 bits per heavy atom. The van der Waals surface area contributed by atoms with Crippen molar-refractivity contribution in [1.29, 1.82) is 0 Å². The Hall–Kier alpha value is -6.85. The molecule has 0 radical (unpaired) electrons. The number of hydrogen-bond donors (Lipinski definition) is 0. The van der Waals surface area contributed by atoms with E-state index in [4.69, 9.17) is 22.1 Å². The molecule has 3 aromatic heterocycles. The fourth-order valence-electron chi connectivity index (χ4n) is 7.04. The molecule has 0 saturated carbocycles. The lowest BCUT2D eigenvalue weighted by molar-refractivity contribution is 0.670. The van der Waals surface area contributed by atoms with Gasteiger partial charge in [-0.25, -0.2) is 15.0 Å². The first-order valence-electron chi connectivity index (χ1n) is 17.5. The molecular weight excluding hydrogens is 613 g/mol. The van der Waals surface area contributed by atoms with Crippen LogP contribution in [0.3, 0.4) is 0 Å². The van der Waals surface area contributed by atoms with Crippen molar-refractivity contribution in [3.8, 4) is 51.0 Å². The summed E-state index contributed by atoms with van der Waals surface area (Å²) >= 11 is 0. The van der Waals surface area contributed by atoms with Crippen molar-refractivity contribution in [2.75, 3.05) is 0 Å². The van der Waals surface area contributed by atoms with Crippen LogP contribution in [0.5, 0.6) is 0 Å². The van der Waals surface area contributed by atoms with E-state index in [9.17, 15) is 0 Å². The third-order valence-corrected chi connectivity index (χ3v) is 9.35. The maximum Gasteiger partial charge on any atom is 0.166 e. The molecular formula is C45H28N4O. The molecule has 10 rings (SSSR count). The molecule has 0 fully saturated rings. The van der Waals surface area contributed by atoms with Gasteiger partial charge in [-0.2, -0.15) is 0 Å². The lowest BCUT2D eigenvalue weighted by Crippen LogP contribution is -2.04. The van der Waals surface area contributed by atoms with E-state index in [0.717, 1.165) is 77.2 Å². The second kappa shape index (κ2) is 11.4. The average molecular weight is 643 g/mol. The molecule has 234 valence electrons. The van der Waals surface area contributed by atoms with Gasteiger partial charge in [-0.05, 0) is 35.9 Å². The fourth-order valence-corrected chi connectivity index (χ4v) is 7.04. The molecule has 0 amide bonds. The summed E-state index contributed by atoms with van der Waals surface area (Å²) < 4.78 is 25.6. The Kier molecular flexibility index (Phi) is 5.96. The van der Waals surface area contributed by atoms with E-state index in [0.29, 0.717) is 29.6 Å². The Balaban J connectivity index is 1.30. The molecule has 7 aromatic carbocycles. The van der Waals surface area contributed by atoms with Crippen LogP contribution in [0.25, 0.3) is 94.7 Å². The van der Waals surface area contributed by atoms with Crippen molar-refractivity contribution in [2.45, 2.75) is 0 Å². The number of rotatable bonds is 5. The highest BCUT2D eigenvalue weighted by atomic mass is 16.3. The first-order valence-corrected chi connectivity index (χ1v) is 16.5. The van der Waals surface area contributed by atoms with E-state index in [2.05, 4.69) is 47.0 Å². The van der Waals surface area contributed by atoms with Gasteiger partial charge in [0.1, 0.15) is 11.2 Å². The predicted molar refractivity (Wildman–Crippen MR) is 203 cm³/mol. The monoisotopic (exact) mass is 642 g/mol. The molecule has 0 aliphatic carbocycles. The number of nitrogens with zero attached hydrogens (tertiary/aromatic N) is 4. The molecule has 0 unspecified atom stereocenters. The lowest BCUT2D eigenvalue weighted by Gasteiger charge is -2.16. The quantitative estimate of drug-likeness (QED) is 0.187. The number of para-hydroxylation sites is 4. The SMILES string of the molecule is [2H]c1ccc2c(c1)c1cc([2H])ccc1n2-c1ccc(-c2cccc3c2oc2ccccc23)cc1-c1nc(-c2ccccc2)nc(-c2ccccc2)n1. The van der Waals surface area contributed by atoms with Crippen molar-refractivity contribution in [1.82, 2.24) is 19.5 Å². The van der Waals surface area contributed by atoms with Gasteiger partial charge in [-0.15, -0.1) is 0 Å². The van der Waals surface area contributed by atoms with Crippen LogP contribution in [0.2, 0.25) is 0 Å². The summed E-state index contributed by atoms with van der Waals surface area (Å²) in [5.41, 5.74) is 8.84. The van der Waals surface area contributed by atoms with Gasteiger partial charge in [-0.3, -0.25) is 0 Å². The lowest BCUT2D eigenvalue weighted by atomic mass is 9.98. The van der Waals surface area contributed by atoms with Crippen molar-refractivity contribution in [3.63, 3.8) is 0 Å². The Morgan fingerprint density at radius 3 is 1.72 bits per heavy atom. The van der Waals surface area contributed by atoms with Gasteiger partial charge in [0.25, 0.3) is 0 Å². The maximum absolute atomic E-state index is 8.44. The van der Waals surface area contributed by atoms with Crippen LogP contribution in [0.4, 0.5) is 0 Å². The minimum atomic E-state index is 0.411. The summed E-state index contributed by atoms with van der Waals surface area (Å²) in [4.78, 5) is 15.3. The Morgan fingerprint density at radius 1 is 0.440 bits per heavy atom. The Labute approximate surface area is 290 Å². The summed E-state index contributed by atoms with van der Waals surface area (Å²) in [6.45, 7) is 0. The number of aromatic nitrogens is 4. The molecule has 0 atom stereocenters. The summed E-state index contributed by atoms with van der Waals surface area (Å²) in [5.74, 6) is 1.66. The third kappa shape index (κ3) is 4.52. The Bertz CT molecular complexity index is 2870. The first-order chi connectivity index (χ1) is 25.6. The number of furan rings is 1. The standard InChI is InChI=1S/C45H28N4O/c1-3-14-29(15-4-1)43-46-44(30-16-5-2-6-17-30)48-45(47-43)37-28-31(32-21-13-22-36-35-20-9-12-25-41(35)50-42(32)36)26-27-40(37)49-38-23-10-7-18-33(38)34-19-8-11-24-39(34)49/h1-28H/i7D,8D. The van der Waals surface area contributed by atoms with E-state index in [1.165, 1.54) is 0 Å². The van der Waals surface area contributed by atoms with Crippen LogP contribution in [0.15, 0.2) is 174 Å². The average Bonchev–Trinajstić information content (AvgIpc) is 3.73. The van der Waals surface area contributed by atoms with E-state index < -0.39 is 0 Å². The third-order valence-electron chi connectivity index (χ3n) is 9.35. The van der Waals surface area contributed by atoms with Crippen LogP contribution in [-0.2, 0) is 0 Å². The van der Waals surface area contributed by atoms with E-state index in [-0.39, 0.29) is 0 Å². The topological polar surface area (TPSA) is 56.7 Å². The smallest absolute Gasteiger partial charge is 0.166 e. The zero-order valence-electron chi connectivity index (χ0n) is 28.7. The van der Waals surface area contributed by atoms with Gasteiger partial charge in [0.05, 0.1) is 19.5 Å². The van der Waals surface area contributed by atoms with Crippen LogP contribution in [-0.4, -0.2) is 19.5 Å². The molecule has 5 heteroatoms. The molecule has 0 saturated heterocycles. The second-order valence-electron chi connectivity index (χ2n) is 12.3. The zero-order valence-corrected chi connectivity index (χ0v) is 26.7. The highest BCUT2D eigenvalue weighted by Crippen LogP contribution is 2.41. The summed E-state index contributed by atoms with van der Waals surface area (Å²) in [6, 6.07) is 52.8. The van der Waals surface area contributed by atoms with Gasteiger partial charge >= 0.3 is 0 Å². The largest absolute Gasteiger partial charge is 0.455 e. The fraction of sp³-hybridized carbons (Fsp3) is 0. The van der Waals surface area contributed by atoms with Gasteiger partial charge in [0.2, 0.25) is 0 Å². The molecule has 5 nitrogen and oxygen atoms in total. The van der Waals surface area contributed by atoms with E-state index in [1.807, 2.05) is 103 Å². The highest BCUT2D eigenvalue weighted by Gasteiger charge is 2.21. The predicted octanol–water partition coefficient (Wildman–Crippen LogP) is 11.5. The van der Waals surface area contributed by atoms with Crippen LogP contribution in [0, 0.1) is 0 Å². The van der Waals surface area contributed by atoms with Crippen LogP contribution in [0.1, 0.15) is 2.74 Å². The van der Waals surface area contributed by atoms with E-state index in [1.54, 1.807) is 12.1 Å². The first kappa shape index (κ1) is 26.1. The molecule has 0 N–H and O–H groups in total. The summed E-state index contributed by atoms with van der Waals surface area (Å²) in [6.07, 6.45) is 0. The van der Waals surface area contributed by atoms with Crippen LogP contribution < -0.4 is 0 Å². The molecule has 0 bridgehead atoms. The molecule has 0 aliphatic rings. The minimum absolute atomic E-state index is 0.411. The van der Waals surface area contributed by atoms with Crippen LogP contribution >= 0.6 is 0 Å². The zero-order chi connectivity index (χ0) is 34.8. The highest BCUT2D eigenvalue weighted by molar-refractivity contribution is 6.11. The number of hydrogen-bond acceptors (Lipinski definition) is 4. The second-order valence-corrected chi connectivity index (χ2v) is 12.3. The maximum atomic E-state index is 8.44. The summed E-state index contributed by atoms with van der Waals surface area (Å²) in [5, 5.41) is 3.94. The van der Waals surface area contributed by atoms with Crippen molar-refractivity contribution in [2.24, 2.45) is 0 Å². The van der Waals surface area contributed by atoms with Gasteiger partial charge in [0, 0.05) is 43.8 Å². The van der Waals surface area contributed by atoms with Crippen molar-refractivity contribution < 1.29 is 7.16 Å². The molecule has 10 aromatic rings. The number of benzene rings is 7.